The van der Waals surface area contributed by atoms with Gasteiger partial charge in [0.05, 0.1) is 26.4 Å². The molecule has 22 heavy (non-hydrogen) atoms. The van der Waals surface area contributed by atoms with Crippen LogP contribution in [0.4, 0.5) is 0 Å². The average molecular weight is 316 g/mol. The van der Waals surface area contributed by atoms with E-state index >= 15 is 0 Å². The molecule has 2 fully saturated rings. The SMILES string of the molecule is CCN1CCN(CCOCCOCCNC2(C)CNC2)CC1.[HH]. The summed E-state index contributed by atoms with van der Waals surface area (Å²) in [6, 6.07) is 0. The molecule has 0 amide bonds. The van der Waals surface area contributed by atoms with E-state index in [-0.39, 0.29) is 6.97 Å². The van der Waals surface area contributed by atoms with Crippen LogP contribution in [0.2, 0.25) is 0 Å². The highest BCUT2D eigenvalue weighted by Gasteiger charge is 2.30. The maximum absolute atomic E-state index is 5.66. The number of likely N-dealkylation sites (N-methyl/N-ethyl adjacent to an activating group) is 1. The topological polar surface area (TPSA) is 49.0 Å². The summed E-state index contributed by atoms with van der Waals surface area (Å²) in [5.74, 6) is 0. The highest BCUT2D eigenvalue weighted by Crippen LogP contribution is 2.07. The van der Waals surface area contributed by atoms with Gasteiger partial charge in [0.15, 0.2) is 0 Å². The molecular formula is C16H36N4O2. The number of nitrogens with one attached hydrogen (secondary N) is 2. The van der Waals surface area contributed by atoms with Crippen LogP contribution >= 0.6 is 0 Å². The summed E-state index contributed by atoms with van der Waals surface area (Å²) in [5.41, 5.74) is 0.279. The molecule has 0 spiro atoms. The van der Waals surface area contributed by atoms with Crippen molar-refractivity contribution in [2.24, 2.45) is 0 Å². The molecule has 0 atom stereocenters. The monoisotopic (exact) mass is 316 g/mol. The van der Waals surface area contributed by atoms with Gasteiger partial charge in [0.1, 0.15) is 0 Å². The van der Waals surface area contributed by atoms with E-state index in [1.165, 1.54) is 32.7 Å². The largest absolute Gasteiger partial charge is 0.378 e. The molecule has 2 heterocycles. The van der Waals surface area contributed by atoms with E-state index in [4.69, 9.17) is 9.47 Å². The molecule has 0 aliphatic carbocycles. The Balaban J connectivity index is 0.00000264. The second-order valence-electron chi connectivity index (χ2n) is 6.59. The van der Waals surface area contributed by atoms with Gasteiger partial charge in [-0.1, -0.05) is 6.92 Å². The van der Waals surface area contributed by atoms with Gasteiger partial charge in [-0.05, 0) is 13.5 Å². The van der Waals surface area contributed by atoms with Crippen molar-refractivity contribution in [2.45, 2.75) is 19.4 Å². The predicted octanol–water partition coefficient (Wildman–Crippen LogP) is -0.145. The number of hydrogen-bond acceptors (Lipinski definition) is 6. The van der Waals surface area contributed by atoms with Crippen molar-refractivity contribution in [2.75, 3.05) is 85.3 Å². The molecule has 0 radical (unpaired) electrons. The van der Waals surface area contributed by atoms with Crippen molar-refractivity contribution in [3.8, 4) is 0 Å². The van der Waals surface area contributed by atoms with E-state index in [0.29, 0.717) is 13.2 Å². The van der Waals surface area contributed by atoms with Gasteiger partial charge < -0.3 is 25.0 Å². The van der Waals surface area contributed by atoms with E-state index < -0.39 is 0 Å². The Labute approximate surface area is 137 Å². The van der Waals surface area contributed by atoms with E-state index in [0.717, 1.165) is 39.4 Å². The van der Waals surface area contributed by atoms with Crippen LogP contribution in [0, 0.1) is 0 Å². The van der Waals surface area contributed by atoms with Crippen LogP contribution in [0.1, 0.15) is 15.3 Å². The zero-order chi connectivity index (χ0) is 15.7. The molecule has 2 rings (SSSR count). The van der Waals surface area contributed by atoms with E-state index in [2.05, 4.69) is 34.3 Å². The molecule has 0 aromatic heterocycles. The van der Waals surface area contributed by atoms with E-state index in [9.17, 15) is 0 Å². The minimum atomic E-state index is 0. The van der Waals surface area contributed by atoms with Crippen molar-refractivity contribution in [1.82, 2.24) is 20.4 Å². The van der Waals surface area contributed by atoms with Crippen LogP contribution in [0.25, 0.3) is 0 Å². The Morgan fingerprint density at radius 3 is 2.23 bits per heavy atom. The lowest BCUT2D eigenvalue weighted by molar-refractivity contribution is 0.0309. The summed E-state index contributed by atoms with van der Waals surface area (Å²) in [5, 5.41) is 6.79. The molecule has 0 aromatic rings. The first-order valence-electron chi connectivity index (χ1n) is 8.78. The van der Waals surface area contributed by atoms with Gasteiger partial charge in [0.25, 0.3) is 0 Å². The second kappa shape index (κ2) is 9.80. The van der Waals surface area contributed by atoms with Crippen molar-refractivity contribution in [3.63, 3.8) is 0 Å². The van der Waals surface area contributed by atoms with Crippen LogP contribution in [-0.4, -0.2) is 101 Å². The molecule has 2 aliphatic rings. The number of rotatable bonds is 11. The van der Waals surface area contributed by atoms with Crippen LogP contribution < -0.4 is 10.6 Å². The number of hydrogen-bond donors (Lipinski definition) is 2. The fraction of sp³-hybridized carbons (Fsp3) is 1.00. The lowest BCUT2D eigenvalue weighted by atomic mass is 9.95. The maximum Gasteiger partial charge on any atom is 0.0701 e. The fourth-order valence-electron chi connectivity index (χ4n) is 2.89. The fourth-order valence-corrected chi connectivity index (χ4v) is 2.89. The highest BCUT2D eigenvalue weighted by molar-refractivity contribution is 4.95. The Hall–Kier alpha value is -0.240. The zero-order valence-corrected chi connectivity index (χ0v) is 14.4. The van der Waals surface area contributed by atoms with Crippen molar-refractivity contribution < 1.29 is 10.9 Å². The van der Waals surface area contributed by atoms with Gasteiger partial charge in [-0.25, -0.2) is 0 Å². The smallest absolute Gasteiger partial charge is 0.0701 e. The molecule has 2 aliphatic heterocycles. The van der Waals surface area contributed by atoms with E-state index in [1.807, 2.05) is 0 Å². The van der Waals surface area contributed by atoms with Gasteiger partial charge >= 0.3 is 0 Å². The normalized spacial score (nSPS) is 22.6. The minimum absolute atomic E-state index is 0. The van der Waals surface area contributed by atoms with Crippen molar-refractivity contribution in [3.05, 3.63) is 0 Å². The quantitative estimate of drug-likeness (QED) is 0.517. The van der Waals surface area contributed by atoms with Gasteiger partial charge in [-0.2, -0.15) is 0 Å². The number of nitrogens with zero attached hydrogens (tertiary/aromatic N) is 2. The molecule has 0 saturated carbocycles. The van der Waals surface area contributed by atoms with Crippen molar-refractivity contribution >= 4 is 0 Å². The standard InChI is InChI=1S/C16H34N4O2.H2/c1-3-19-5-7-20(8-6-19)9-11-22-13-12-21-10-4-18-16(2)14-17-15-16;/h17-18H,3-15H2,1-2H3;1H. The molecule has 0 bridgehead atoms. The van der Waals surface area contributed by atoms with Crippen LogP contribution in [0.5, 0.6) is 0 Å². The Kier molecular flexibility index (Phi) is 8.06. The first-order valence-corrected chi connectivity index (χ1v) is 8.78. The Bertz CT molecular complexity index is 298. The number of piperazine rings is 1. The van der Waals surface area contributed by atoms with Gasteiger partial charge in [0.2, 0.25) is 0 Å². The molecule has 2 N–H and O–H groups in total. The van der Waals surface area contributed by atoms with Gasteiger partial charge in [-0.3, -0.25) is 4.90 Å². The lowest BCUT2D eigenvalue weighted by Crippen LogP contribution is -2.66. The molecule has 2 saturated heterocycles. The third-order valence-corrected chi connectivity index (χ3v) is 4.66. The van der Waals surface area contributed by atoms with E-state index in [1.54, 1.807) is 0 Å². The third-order valence-electron chi connectivity index (χ3n) is 4.66. The molecule has 6 heteroatoms. The molecule has 6 nitrogen and oxygen atoms in total. The molecule has 132 valence electrons. The van der Waals surface area contributed by atoms with Crippen LogP contribution in [-0.2, 0) is 9.47 Å². The first-order chi connectivity index (χ1) is 10.7. The zero-order valence-electron chi connectivity index (χ0n) is 14.4. The summed E-state index contributed by atoms with van der Waals surface area (Å²) in [6.45, 7) is 17.4. The van der Waals surface area contributed by atoms with Gasteiger partial charge in [0, 0.05) is 59.3 Å². The predicted molar refractivity (Wildman–Crippen MR) is 91.6 cm³/mol. The first kappa shape index (κ1) is 18.1. The lowest BCUT2D eigenvalue weighted by Gasteiger charge is -2.40. The van der Waals surface area contributed by atoms with Crippen LogP contribution in [0.15, 0.2) is 0 Å². The van der Waals surface area contributed by atoms with Crippen LogP contribution in [0.3, 0.4) is 0 Å². The molecule has 0 aromatic carbocycles. The Morgan fingerprint density at radius 2 is 1.64 bits per heavy atom. The summed E-state index contributed by atoms with van der Waals surface area (Å²) in [4.78, 5) is 4.99. The number of ether oxygens (including phenoxy) is 2. The summed E-state index contributed by atoms with van der Waals surface area (Å²) in [6.07, 6.45) is 0. The molecular weight excluding hydrogens is 280 g/mol. The summed E-state index contributed by atoms with van der Waals surface area (Å²) < 4.78 is 11.2. The average Bonchev–Trinajstić information content (AvgIpc) is 2.52. The minimum Gasteiger partial charge on any atom is -0.378 e. The highest BCUT2D eigenvalue weighted by atomic mass is 16.5. The maximum atomic E-state index is 5.66. The van der Waals surface area contributed by atoms with Gasteiger partial charge in [-0.15, -0.1) is 0 Å². The molecule has 0 unspecified atom stereocenters. The Morgan fingerprint density at radius 1 is 1.00 bits per heavy atom. The third kappa shape index (κ3) is 6.48. The summed E-state index contributed by atoms with van der Waals surface area (Å²) in [7, 11) is 0. The second-order valence-corrected chi connectivity index (χ2v) is 6.59. The summed E-state index contributed by atoms with van der Waals surface area (Å²) >= 11 is 0. The van der Waals surface area contributed by atoms with Crippen molar-refractivity contribution in [1.29, 1.82) is 0 Å².